The van der Waals surface area contributed by atoms with Gasteiger partial charge in [-0.25, -0.2) is 4.39 Å². The maximum absolute atomic E-state index is 13.3. The number of benzene rings is 1. The Bertz CT molecular complexity index is 584. The lowest BCUT2D eigenvalue weighted by atomic mass is 10.1. The average Bonchev–Trinajstić information content (AvgIpc) is 2.45. The Hall–Kier alpha value is -1.94. The molecule has 2 N–H and O–H groups in total. The van der Waals surface area contributed by atoms with Crippen molar-refractivity contribution in [1.82, 2.24) is 4.98 Å². The summed E-state index contributed by atoms with van der Waals surface area (Å²) in [6.07, 6.45) is 0. The largest absolute Gasteiger partial charge is 0.366 e. The molecule has 0 fully saturated rings. The second-order valence-corrected chi connectivity index (χ2v) is 4.76. The number of rotatable bonds is 5. The van der Waals surface area contributed by atoms with E-state index < -0.39 is 0 Å². The summed E-state index contributed by atoms with van der Waals surface area (Å²) < 4.78 is 13.3. The van der Waals surface area contributed by atoms with Gasteiger partial charge in [0.15, 0.2) is 0 Å². The standard InChI is InChI=1S/C16H20FN3/c1-3-20(11-15-6-4-5-12(2)19-15)16-8-7-14(17)9-13(16)10-18/h4-9H,3,10-11,18H2,1-2H3. The summed E-state index contributed by atoms with van der Waals surface area (Å²) in [6.45, 7) is 5.87. The molecule has 0 aliphatic rings. The van der Waals surface area contributed by atoms with E-state index in [0.717, 1.165) is 29.2 Å². The zero-order valence-electron chi connectivity index (χ0n) is 11.9. The van der Waals surface area contributed by atoms with Gasteiger partial charge in [-0.05, 0) is 49.7 Å². The Balaban J connectivity index is 2.28. The highest BCUT2D eigenvalue weighted by atomic mass is 19.1. The topological polar surface area (TPSA) is 42.2 Å². The summed E-state index contributed by atoms with van der Waals surface area (Å²) in [5.74, 6) is -0.251. The van der Waals surface area contributed by atoms with E-state index in [0.29, 0.717) is 13.1 Å². The van der Waals surface area contributed by atoms with Gasteiger partial charge in [0.2, 0.25) is 0 Å². The Morgan fingerprint density at radius 1 is 1.25 bits per heavy atom. The van der Waals surface area contributed by atoms with Crippen molar-refractivity contribution in [1.29, 1.82) is 0 Å². The maximum atomic E-state index is 13.3. The molecule has 0 saturated heterocycles. The molecule has 1 aromatic carbocycles. The van der Waals surface area contributed by atoms with E-state index in [2.05, 4.69) is 16.8 Å². The maximum Gasteiger partial charge on any atom is 0.123 e. The molecule has 0 spiro atoms. The minimum atomic E-state index is -0.251. The fraction of sp³-hybridized carbons (Fsp3) is 0.312. The van der Waals surface area contributed by atoms with Crippen molar-refractivity contribution < 1.29 is 4.39 Å². The summed E-state index contributed by atoms with van der Waals surface area (Å²) in [5, 5.41) is 0. The van der Waals surface area contributed by atoms with Crippen LogP contribution >= 0.6 is 0 Å². The van der Waals surface area contributed by atoms with Crippen LogP contribution in [0.1, 0.15) is 23.9 Å². The molecule has 1 heterocycles. The van der Waals surface area contributed by atoms with Crippen molar-refractivity contribution in [2.24, 2.45) is 5.73 Å². The molecular formula is C16H20FN3. The first-order valence-electron chi connectivity index (χ1n) is 6.80. The highest BCUT2D eigenvalue weighted by Gasteiger charge is 2.11. The van der Waals surface area contributed by atoms with Crippen molar-refractivity contribution in [2.45, 2.75) is 26.9 Å². The van der Waals surface area contributed by atoms with Gasteiger partial charge in [-0.1, -0.05) is 6.07 Å². The molecule has 0 radical (unpaired) electrons. The fourth-order valence-corrected chi connectivity index (χ4v) is 2.28. The zero-order valence-corrected chi connectivity index (χ0v) is 11.9. The van der Waals surface area contributed by atoms with Crippen LogP contribution in [-0.4, -0.2) is 11.5 Å². The number of hydrogen-bond donors (Lipinski definition) is 1. The molecule has 0 aliphatic heterocycles. The Morgan fingerprint density at radius 2 is 2.05 bits per heavy atom. The third kappa shape index (κ3) is 3.33. The molecule has 0 aliphatic carbocycles. The summed E-state index contributed by atoms with van der Waals surface area (Å²) in [6, 6.07) is 10.7. The molecule has 20 heavy (non-hydrogen) atoms. The highest BCUT2D eigenvalue weighted by molar-refractivity contribution is 5.54. The van der Waals surface area contributed by atoms with E-state index in [1.54, 1.807) is 6.07 Å². The summed E-state index contributed by atoms with van der Waals surface area (Å²) in [7, 11) is 0. The van der Waals surface area contributed by atoms with Crippen LogP contribution in [0.4, 0.5) is 10.1 Å². The second kappa shape index (κ2) is 6.48. The summed E-state index contributed by atoms with van der Waals surface area (Å²) in [5.41, 5.74) is 9.51. The van der Waals surface area contributed by atoms with Crippen LogP contribution in [0, 0.1) is 12.7 Å². The van der Waals surface area contributed by atoms with Crippen LogP contribution in [0.5, 0.6) is 0 Å². The summed E-state index contributed by atoms with van der Waals surface area (Å²) in [4.78, 5) is 6.67. The van der Waals surface area contributed by atoms with Gasteiger partial charge in [0.05, 0.1) is 12.2 Å². The van der Waals surface area contributed by atoms with Gasteiger partial charge in [0, 0.05) is 24.5 Å². The monoisotopic (exact) mass is 273 g/mol. The molecular weight excluding hydrogens is 253 g/mol. The van der Waals surface area contributed by atoms with E-state index in [1.807, 2.05) is 25.1 Å². The minimum Gasteiger partial charge on any atom is -0.366 e. The van der Waals surface area contributed by atoms with Gasteiger partial charge in [0.25, 0.3) is 0 Å². The SMILES string of the molecule is CCN(Cc1cccc(C)n1)c1ccc(F)cc1CN. The minimum absolute atomic E-state index is 0.251. The third-order valence-electron chi connectivity index (χ3n) is 3.28. The Kier molecular flexibility index (Phi) is 4.69. The normalized spacial score (nSPS) is 10.6. The molecule has 2 aromatic rings. The number of halogens is 1. The molecule has 4 heteroatoms. The van der Waals surface area contributed by atoms with Gasteiger partial charge in [-0.3, -0.25) is 4.98 Å². The lowest BCUT2D eigenvalue weighted by Crippen LogP contribution is -2.24. The van der Waals surface area contributed by atoms with Crippen molar-refractivity contribution in [3.63, 3.8) is 0 Å². The predicted molar refractivity (Wildman–Crippen MR) is 80.0 cm³/mol. The molecule has 1 aromatic heterocycles. The van der Waals surface area contributed by atoms with Crippen LogP contribution in [-0.2, 0) is 13.1 Å². The van der Waals surface area contributed by atoms with Crippen molar-refractivity contribution in [2.75, 3.05) is 11.4 Å². The van der Waals surface area contributed by atoms with Gasteiger partial charge in [-0.2, -0.15) is 0 Å². The number of aromatic nitrogens is 1. The van der Waals surface area contributed by atoms with Crippen LogP contribution in [0.15, 0.2) is 36.4 Å². The number of nitrogens with two attached hydrogens (primary N) is 1. The first-order valence-corrected chi connectivity index (χ1v) is 6.80. The average molecular weight is 273 g/mol. The van der Waals surface area contributed by atoms with E-state index in [9.17, 15) is 4.39 Å². The predicted octanol–water partition coefficient (Wildman–Crippen LogP) is 3.01. The first-order chi connectivity index (χ1) is 9.63. The second-order valence-electron chi connectivity index (χ2n) is 4.76. The smallest absolute Gasteiger partial charge is 0.123 e. The zero-order chi connectivity index (χ0) is 14.5. The summed E-state index contributed by atoms with van der Waals surface area (Å²) >= 11 is 0. The van der Waals surface area contributed by atoms with Crippen LogP contribution in [0.25, 0.3) is 0 Å². The van der Waals surface area contributed by atoms with Gasteiger partial charge >= 0.3 is 0 Å². The molecule has 2 rings (SSSR count). The van der Waals surface area contributed by atoms with Crippen molar-refractivity contribution in [3.05, 3.63) is 59.2 Å². The molecule has 106 valence electrons. The Labute approximate surface area is 119 Å². The Morgan fingerprint density at radius 3 is 2.70 bits per heavy atom. The molecule has 0 amide bonds. The fourth-order valence-electron chi connectivity index (χ4n) is 2.28. The lowest BCUT2D eigenvalue weighted by molar-refractivity contribution is 0.624. The van der Waals surface area contributed by atoms with E-state index >= 15 is 0 Å². The molecule has 0 unspecified atom stereocenters. The van der Waals surface area contributed by atoms with Crippen LogP contribution < -0.4 is 10.6 Å². The molecule has 0 atom stereocenters. The van der Waals surface area contributed by atoms with Gasteiger partial charge in [0.1, 0.15) is 5.82 Å². The lowest BCUT2D eigenvalue weighted by Gasteiger charge is -2.25. The molecule has 3 nitrogen and oxygen atoms in total. The van der Waals surface area contributed by atoms with Crippen LogP contribution in [0.3, 0.4) is 0 Å². The van der Waals surface area contributed by atoms with E-state index in [1.165, 1.54) is 12.1 Å². The molecule has 0 bridgehead atoms. The van der Waals surface area contributed by atoms with Crippen LogP contribution in [0.2, 0.25) is 0 Å². The van der Waals surface area contributed by atoms with Crippen molar-refractivity contribution in [3.8, 4) is 0 Å². The van der Waals surface area contributed by atoms with E-state index in [4.69, 9.17) is 5.73 Å². The van der Waals surface area contributed by atoms with E-state index in [-0.39, 0.29) is 5.82 Å². The first kappa shape index (κ1) is 14.5. The van der Waals surface area contributed by atoms with Gasteiger partial charge in [-0.15, -0.1) is 0 Å². The highest BCUT2D eigenvalue weighted by Crippen LogP contribution is 2.23. The number of pyridine rings is 1. The van der Waals surface area contributed by atoms with Gasteiger partial charge < -0.3 is 10.6 Å². The molecule has 0 saturated carbocycles. The number of nitrogens with zero attached hydrogens (tertiary/aromatic N) is 2. The number of hydrogen-bond acceptors (Lipinski definition) is 3. The van der Waals surface area contributed by atoms with Crippen molar-refractivity contribution >= 4 is 5.69 Å². The quantitative estimate of drug-likeness (QED) is 0.910. The number of anilines is 1. The number of aryl methyl sites for hydroxylation is 1. The third-order valence-corrected chi connectivity index (χ3v) is 3.28.